The summed E-state index contributed by atoms with van der Waals surface area (Å²) in [5.74, 6) is -0.0975. The number of furan rings is 2. The molecule has 3 fully saturated rings. The van der Waals surface area contributed by atoms with Crippen LogP contribution in [0, 0.1) is 0 Å². The third-order valence-electron chi connectivity index (χ3n) is 13.2. The molecule has 2 aromatic carbocycles. The van der Waals surface area contributed by atoms with Crippen LogP contribution in [0.4, 0.5) is 43.8 Å². The first-order valence-electron chi connectivity index (χ1n) is 28.4. The molecule has 3 saturated heterocycles. The minimum atomic E-state index is -1.15. The number of nitrogen functional groups attached to an aromatic ring is 1. The second-order valence-electron chi connectivity index (χ2n) is 23.5. The molecule has 464 valence electrons. The lowest BCUT2D eigenvalue weighted by molar-refractivity contribution is 0.0228. The average Bonchev–Trinajstić information content (AvgIpc) is 3.34. The third kappa shape index (κ3) is 18.2. The SMILES string of the molecule is CC(C)(C)OC(=O)N1CCN(c2ncc(C(=O)O)o2)CC1.CC(C)(C)OC(=O)Nc1ccc(-c2ccco2)cc1CC(=O)c1cnc(N2CCN(C(=O)OC(C)(C)C)CC2)o1.Nc1ccc(-c2ccco2)cc1CC(=O)c1cnc(N2CCNCC2)o1. The molecule has 0 aliphatic carbocycles. The van der Waals surface area contributed by atoms with E-state index in [-0.39, 0.29) is 59.9 Å². The molecule has 0 spiro atoms. The molecule has 10 rings (SSSR count). The highest BCUT2D eigenvalue weighted by molar-refractivity contribution is 5.97. The molecule has 3 aliphatic rings. The number of piperazine rings is 3. The van der Waals surface area contributed by atoms with Gasteiger partial charge in [-0.15, -0.1) is 0 Å². The minimum absolute atomic E-state index is 0.0548. The summed E-state index contributed by atoms with van der Waals surface area (Å²) in [5.41, 5.74) is 8.23. The minimum Gasteiger partial charge on any atom is -0.475 e. The number of amides is 3. The number of nitrogens with two attached hydrogens (primary N) is 1. The molecule has 3 amide bonds. The molecule has 0 bridgehead atoms. The molecule has 26 heteroatoms. The lowest BCUT2D eigenvalue weighted by atomic mass is 10.0. The predicted molar refractivity (Wildman–Crippen MR) is 320 cm³/mol. The first kappa shape index (κ1) is 63.4. The summed E-state index contributed by atoms with van der Waals surface area (Å²) in [7, 11) is 0. The predicted octanol–water partition coefficient (Wildman–Crippen LogP) is 9.55. The second-order valence-corrected chi connectivity index (χ2v) is 23.5. The fourth-order valence-electron chi connectivity index (χ4n) is 9.01. The van der Waals surface area contributed by atoms with Crippen molar-refractivity contribution in [3.63, 3.8) is 0 Å². The van der Waals surface area contributed by atoms with Crippen molar-refractivity contribution in [3.8, 4) is 22.6 Å². The van der Waals surface area contributed by atoms with E-state index in [4.69, 9.17) is 47.1 Å². The van der Waals surface area contributed by atoms with E-state index in [1.54, 1.807) is 78.3 Å². The van der Waals surface area contributed by atoms with Gasteiger partial charge in [0.1, 0.15) is 28.3 Å². The van der Waals surface area contributed by atoms with Gasteiger partial charge in [-0.05, 0) is 134 Å². The number of nitrogens with one attached hydrogen (secondary N) is 2. The zero-order chi connectivity index (χ0) is 62.6. The summed E-state index contributed by atoms with van der Waals surface area (Å²) in [6.07, 6.45) is 6.01. The van der Waals surface area contributed by atoms with E-state index in [0.717, 1.165) is 48.6 Å². The normalized spacial score (nSPS) is 14.7. The van der Waals surface area contributed by atoms with Crippen molar-refractivity contribution >= 4 is 65.2 Å². The molecule has 8 heterocycles. The Labute approximate surface area is 502 Å². The number of Topliss-reactive ketones (excluding diaryl/α,β-unsaturated/α-hetero) is 2. The quantitative estimate of drug-likeness (QED) is 0.0474. The van der Waals surface area contributed by atoms with Crippen LogP contribution in [0.5, 0.6) is 0 Å². The average molecular weight is 1200 g/mol. The molecule has 0 radical (unpaired) electrons. The van der Waals surface area contributed by atoms with E-state index >= 15 is 0 Å². The van der Waals surface area contributed by atoms with Gasteiger partial charge in [-0.3, -0.25) is 14.9 Å². The maximum atomic E-state index is 13.3. The fraction of sp³-hybridized carbons (Fsp3) is 0.426. The molecule has 5 aromatic heterocycles. The summed E-state index contributed by atoms with van der Waals surface area (Å²) in [4.78, 5) is 94.8. The van der Waals surface area contributed by atoms with Crippen molar-refractivity contribution in [2.45, 2.75) is 92.0 Å². The van der Waals surface area contributed by atoms with Gasteiger partial charge in [0.25, 0.3) is 18.0 Å². The van der Waals surface area contributed by atoms with Gasteiger partial charge in [0.05, 0.1) is 31.1 Å². The number of aromatic nitrogens is 3. The number of carbonyl (C=O) groups is 6. The summed E-state index contributed by atoms with van der Waals surface area (Å²) < 4.78 is 43.7. The lowest BCUT2D eigenvalue weighted by Crippen LogP contribution is -2.50. The van der Waals surface area contributed by atoms with Gasteiger partial charge in [-0.1, -0.05) is 0 Å². The van der Waals surface area contributed by atoms with E-state index in [2.05, 4.69) is 25.6 Å². The number of aromatic carboxylic acids is 1. The first-order chi connectivity index (χ1) is 41.2. The number of rotatable bonds is 13. The number of oxazole rings is 3. The van der Waals surface area contributed by atoms with Gasteiger partial charge in [0.2, 0.25) is 17.3 Å². The van der Waals surface area contributed by atoms with Crippen molar-refractivity contribution in [2.75, 3.05) is 104 Å². The van der Waals surface area contributed by atoms with Crippen LogP contribution in [0.2, 0.25) is 0 Å². The summed E-state index contributed by atoms with van der Waals surface area (Å²) in [6.45, 7) is 23.5. The van der Waals surface area contributed by atoms with Gasteiger partial charge < -0.3 is 77.0 Å². The van der Waals surface area contributed by atoms with Gasteiger partial charge in [-0.25, -0.2) is 34.1 Å². The molecule has 7 aromatic rings. The molecule has 0 unspecified atom stereocenters. The van der Waals surface area contributed by atoms with Crippen molar-refractivity contribution in [3.05, 3.63) is 120 Å². The largest absolute Gasteiger partial charge is 0.475 e. The molecule has 0 saturated carbocycles. The highest BCUT2D eigenvalue weighted by atomic mass is 16.6. The maximum Gasteiger partial charge on any atom is 0.412 e. The zero-order valence-electron chi connectivity index (χ0n) is 50.4. The standard InChI is InChI=1S/C29H36N4O7.C19H20N4O3.C13H19N3O5/c1-28(2,3)39-26(35)31-21-10-9-19(23-8-7-15-37-23)16-20(21)17-22(34)24-18-30-25(38-24)32-11-13-33(14-12-32)27(36)40-29(4,5)6;20-15-4-3-13(17-2-1-9-25-17)10-14(15)11-16(24)18-12-22-19(26-18)23-7-5-21-6-8-23;1-13(2,3)21-12(19)16-6-4-15(5-7-16)11-14-8-9(20-11)10(17)18/h7-10,15-16,18H,11-14,17H2,1-6H3,(H,31,35);1-4,9-10,12,21H,5-8,11,20H2;8H,4-7H2,1-3H3,(H,17,18). The summed E-state index contributed by atoms with van der Waals surface area (Å²) >= 11 is 0. The van der Waals surface area contributed by atoms with Crippen LogP contribution >= 0.6 is 0 Å². The molecule has 3 aliphatic heterocycles. The molecule has 5 N–H and O–H groups in total. The van der Waals surface area contributed by atoms with Gasteiger partial charge in [0, 0.05) is 114 Å². The van der Waals surface area contributed by atoms with Gasteiger partial charge in [-0.2, -0.15) is 0 Å². The monoisotopic (exact) mass is 1200 g/mol. The fourth-order valence-corrected chi connectivity index (χ4v) is 9.01. The van der Waals surface area contributed by atoms with E-state index in [1.165, 1.54) is 18.6 Å². The highest BCUT2D eigenvalue weighted by Crippen LogP contribution is 2.30. The van der Waals surface area contributed by atoms with E-state index < -0.39 is 28.9 Å². The third-order valence-corrected chi connectivity index (χ3v) is 13.2. The number of carboxylic acids is 1. The number of ketones is 2. The van der Waals surface area contributed by atoms with Crippen LogP contribution in [-0.4, -0.2) is 161 Å². The van der Waals surface area contributed by atoms with Crippen molar-refractivity contribution in [1.29, 1.82) is 0 Å². The molecule has 26 nitrogen and oxygen atoms in total. The Morgan fingerprint density at radius 1 is 0.552 bits per heavy atom. The number of nitrogens with zero attached hydrogens (tertiary/aromatic N) is 8. The molecular formula is C61H75N11O15. The Morgan fingerprint density at radius 2 is 0.966 bits per heavy atom. The van der Waals surface area contributed by atoms with E-state index in [0.29, 0.717) is 87.1 Å². The molecule has 0 atom stereocenters. The van der Waals surface area contributed by atoms with Crippen LogP contribution in [0.15, 0.2) is 114 Å². The van der Waals surface area contributed by atoms with Crippen molar-refractivity contribution in [2.24, 2.45) is 0 Å². The first-order valence-corrected chi connectivity index (χ1v) is 28.4. The Morgan fingerprint density at radius 3 is 1.39 bits per heavy atom. The lowest BCUT2D eigenvalue weighted by Gasteiger charge is -2.34. The smallest absolute Gasteiger partial charge is 0.412 e. The summed E-state index contributed by atoms with van der Waals surface area (Å²) in [6, 6.07) is 19.2. The van der Waals surface area contributed by atoms with Crippen LogP contribution in [0.3, 0.4) is 0 Å². The van der Waals surface area contributed by atoms with E-state index in [1.807, 2.05) is 81.7 Å². The highest BCUT2D eigenvalue weighted by Gasteiger charge is 2.31. The molecule has 87 heavy (non-hydrogen) atoms. The molecular weight excluding hydrogens is 1130 g/mol. The summed E-state index contributed by atoms with van der Waals surface area (Å²) in [5, 5.41) is 14.8. The number of ether oxygens (including phenoxy) is 3. The Hall–Kier alpha value is -9.59. The Kier molecular flexibility index (Phi) is 20.1. The Bertz CT molecular complexity index is 3450. The number of anilines is 5. The van der Waals surface area contributed by atoms with Gasteiger partial charge >= 0.3 is 24.2 Å². The van der Waals surface area contributed by atoms with Crippen LogP contribution in [0.1, 0.15) is 105 Å². The number of hydrogen-bond acceptors (Lipinski definition) is 22. The van der Waals surface area contributed by atoms with E-state index in [9.17, 15) is 28.8 Å². The van der Waals surface area contributed by atoms with Crippen molar-refractivity contribution in [1.82, 2.24) is 30.1 Å². The number of carboxylic acid groups (broad SMARTS) is 1. The van der Waals surface area contributed by atoms with Crippen molar-refractivity contribution < 1.29 is 70.2 Å². The number of benzene rings is 2. The van der Waals surface area contributed by atoms with Crippen LogP contribution in [-0.2, 0) is 27.1 Å². The van der Waals surface area contributed by atoms with Gasteiger partial charge in [0.15, 0.2) is 11.5 Å². The number of carbonyl (C=O) groups excluding carboxylic acids is 5. The second kappa shape index (κ2) is 27.6. The van der Waals surface area contributed by atoms with Crippen LogP contribution in [0.25, 0.3) is 22.6 Å². The number of hydrogen-bond donors (Lipinski definition) is 4. The van der Waals surface area contributed by atoms with Crippen LogP contribution < -0.4 is 31.1 Å². The topological polar surface area (TPSA) is 321 Å². The Balaban J connectivity index is 0.000000180. The maximum absolute atomic E-state index is 13.3. The zero-order valence-corrected chi connectivity index (χ0v) is 50.4.